The Labute approximate surface area is 41.1 Å². The summed E-state index contributed by atoms with van der Waals surface area (Å²) in [5, 5.41) is 0. The maximum atomic E-state index is 9.30. The maximum absolute atomic E-state index is 9.30. The molecule has 0 aromatic rings. The molecule has 0 aliphatic rings. The zero-order valence-electron chi connectivity index (χ0n) is 2.12. The van der Waals surface area contributed by atoms with Gasteiger partial charge in [0.2, 0.25) is 0 Å². The summed E-state index contributed by atoms with van der Waals surface area (Å²) in [7, 11) is -3.41. The first-order valence-electron chi connectivity index (χ1n) is 0.698. The molecular formula is H2O3STe. The molecule has 5 heavy (non-hydrogen) atoms. The Morgan fingerprint density at radius 1 is 1.60 bits per heavy atom. The van der Waals surface area contributed by atoms with Crippen LogP contribution in [0.2, 0.25) is 0 Å². The van der Waals surface area contributed by atoms with Crippen LogP contribution in [-0.4, -0.2) is 33.7 Å². The Balaban J connectivity index is 4.06. The molecule has 0 fully saturated rings. The Hall–Kier alpha value is 0.860. The second-order valence-corrected chi connectivity index (χ2v) is 5.06. The molecule has 0 spiro atoms. The zero-order chi connectivity index (χ0) is 4.50. The van der Waals surface area contributed by atoms with Gasteiger partial charge in [-0.15, -0.1) is 0 Å². The van der Waals surface area contributed by atoms with Gasteiger partial charge in [0.25, 0.3) is 0 Å². The van der Waals surface area contributed by atoms with E-state index in [4.69, 9.17) is 9.11 Å². The van der Waals surface area contributed by atoms with Crippen LogP contribution in [0.5, 0.6) is 0 Å². The summed E-state index contributed by atoms with van der Waals surface area (Å²) in [6.07, 6.45) is 0. The van der Waals surface area contributed by atoms with Gasteiger partial charge in [0.15, 0.2) is 0 Å². The van der Waals surface area contributed by atoms with E-state index in [1.54, 1.807) is 0 Å². The average Bonchev–Trinajstić information content (AvgIpc) is 0.722. The van der Waals surface area contributed by atoms with E-state index in [1.165, 1.54) is 0 Å². The first kappa shape index (κ1) is 5.86. The quantitative estimate of drug-likeness (QED) is 0.519. The monoisotopic (exact) mass is 212 g/mol. The van der Waals surface area contributed by atoms with Crippen molar-refractivity contribution in [3.05, 3.63) is 0 Å². The third-order valence-electron chi connectivity index (χ3n) is 0. The predicted molar refractivity (Wildman–Crippen MR) is 19.2 cm³/mol. The normalized spacial score (nSPS) is 11.6. The zero-order valence-corrected chi connectivity index (χ0v) is 5.27. The Bertz CT molecular complexity index is 90.1. The van der Waals surface area contributed by atoms with Gasteiger partial charge in [-0.1, -0.05) is 0 Å². The van der Waals surface area contributed by atoms with Crippen molar-refractivity contribution >= 4 is 27.6 Å². The first-order valence-corrected chi connectivity index (χ1v) is 4.95. The van der Waals surface area contributed by atoms with Gasteiger partial charge in [0.05, 0.1) is 0 Å². The SMILES string of the molecule is O=S(O)(O)=[Te]. The summed E-state index contributed by atoms with van der Waals surface area (Å²) in [6, 6.07) is 0. The average molecular weight is 210 g/mol. The molecule has 0 saturated heterocycles. The van der Waals surface area contributed by atoms with Crippen molar-refractivity contribution in [3.63, 3.8) is 0 Å². The molecule has 0 aromatic carbocycles. The van der Waals surface area contributed by atoms with E-state index in [0.29, 0.717) is 0 Å². The molecule has 5 heteroatoms. The summed E-state index contributed by atoms with van der Waals surface area (Å²) >= 11 is 0.763. The van der Waals surface area contributed by atoms with Crippen LogP contribution < -0.4 is 0 Å². The van der Waals surface area contributed by atoms with Crippen LogP contribution in [-0.2, 0) is 7.20 Å². The van der Waals surface area contributed by atoms with Gasteiger partial charge < -0.3 is 0 Å². The van der Waals surface area contributed by atoms with Gasteiger partial charge in [0, 0.05) is 0 Å². The number of hydrogen-bond acceptors (Lipinski definition) is 1. The van der Waals surface area contributed by atoms with Crippen LogP contribution >= 0.6 is 0 Å². The van der Waals surface area contributed by atoms with Crippen LogP contribution in [0.1, 0.15) is 0 Å². The minimum absolute atomic E-state index is 0.763. The molecular weight excluding hydrogens is 208 g/mol. The van der Waals surface area contributed by atoms with E-state index in [9.17, 15) is 4.21 Å². The molecule has 32 valence electrons. The summed E-state index contributed by atoms with van der Waals surface area (Å²) in [5.41, 5.74) is 0. The summed E-state index contributed by atoms with van der Waals surface area (Å²) in [4.78, 5) is 0. The molecule has 0 saturated carbocycles. The Morgan fingerprint density at radius 2 is 1.60 bits per heavy atom. The second-order valence-electron chi connectivity index (χ2n) is 0.448. The van der Waals surface area contributed by atoms with Crippen LogP contribution in [0.4, 0.5) is 0 Å². The second kappa shape index (κ2) is 1.54. The molecule has 0 bridgehead atoms. The van der Waals surface area contributed by atoms with Gasteiger partial charge in [-0.25, -0.2) is 0 Å². The molecule has 0 amide bonds. The molecule has 0 aromatic heterocycles. The fourth-order valence-electron chi connectivity index (χ4n) is 0. The fraction of sp³-hybridized carbons (Fsp3) is 0. The van der Waals surface area contributed by atoms with Gasteiger partial charge in [-0.3, -0.25) is 0 Å². The molecule has 0 radical (unpaired) electrons. The van der Waals surface area contributed by atoms with E-state index in [0.717, 1.165) is 20.4 Å². The topological polar surface area (TPSA) is 57.5 Å². The molecule has 0 rings (SSSR count). The summed E-state index contributed by atoms with van der Waals surface area (Å²) in [5.74, 6) is 0. The third kappa shape index (κ3) is 53.8. The van der Waals surface area contributed by atoms with E-state index in [1.807, 2.05) is 0 Å². The van der Waals surface area contributed by atoms with Crippen molar-refractivity contribution in [1.29, 1.82) is 0 Å². The van der Waals surface area contributed by atoms with Crippen LogP contribution in [0.3, 0.4) is 0 Å². The Morgan fingerprint density at radius 3 is 1.60 bits per heavy atom. The molecule has 0 heterocycles. The number of rotatable bonds is 0. The van der Waals surface area contributed by atoms with Gasteiger partial charge in [-0.05, 0) is 0 Å². The standard InChI is InChI=1S/H2O3STe/c1-4(2,3)5/h(H2,1,2,3,5). The van der Waals surface area contributed by atoms with E-state index < -0.39 is 7.20 Å². The summed E-state index contributed by atoms with van der Waals surface area (Å²) in [6.45, 7) is 0. The molecule has 3 nitrogen and oxygen atoms in total. The van der Waals surface area contributed by atoms with Crippen molar-refractivity contribution < 1.29 is 13.3 Å². The van der Waals surface area contributed by atoms with Crippen LogP contribution in [0.25, 0.3) is 0 Å². The molecule has 0 aliphatic carbocycles. The molecule has 2 N–H and O–H groups in total. The predicted octanol–water partition coefficient (Wildman–Crippen LogP) is -0.700. The van der Waals surface area contributed by atoms with Crippen LogP contribution in [0, 0.1) is 0 Å². The van der Waals surface area contributed by atoms with Gasteiger partial charge in [0.1, 0.15) is 0 Å². The van der Waals surface area contributed by atoms with E-state index in [-0.39, 0.29) is 0 Å². The van der Waals surface area contributed by atoms with Crippen molar-refractivity contribution in [3.8, 4) is 0 Å². The van der Waals surface area contributed by atoms with E-state index >= 15 is 0 Å². The fourth-order valence-corrected chi connectivity index (χ4v) is 0. The van der Waals surface area contributed by atoms with Gasteiger partial charge in [-0.2, -0.15) is 0 Å². The summed E-state index contributed by atoms with van der Waals surface area (Å²) < 4.78 is 24.5. The third-order valence-corrected chi connectivity index (χ3v) is 0. The first-order chi connectivity index (χ1) is 2.00. The van der Waals surface area contributed by atoms with Crippen molar-refractivity contribution in [2.45, 2.75) is 0 Å². The molecule has 0 aliphatic heterocycles. The van der Waals surface area contributed by atoms with Crippen molar-refractivity contribution in [2.24, 2.45) is 0 Å². The van der Waals surface area contributed by atoms with Crippen LogP contribution in [0.15, 0.2) is 0 Å². The minimum atomic E-state index is -3.41. The Kier molecular flexibility index (Phi) is 1.80. The van der Waals surface area contributed by atoms with Crippen molar-refractivity contribution in [1.82, 2.24) is 0 Å². The molecule has 0 atom stereocenters. The van der Waals surface area contributed by atoms with E-state index in [2.05, 4.69) is 0 Å². The van der Waals surface area contributed by atoms with Gasteiger partial charge >= 0.3 is 40.9 Å². The molecule has 0 unspecified atom stereocenters. The number of hydrogen-bond donors (Lipinski definition) is 2. The van der Waals surface area contributed by atoms with Crippen molar-refractivity contribution in [2.75, 3.05) is 0 Å².